The van der Waals surface area contributed by atoms with Gasteiger partial charge in [0.1, 0.15) is 17.4 Å². The van der Waals surface area contributed by atoms with Crippen LogP contribution in [-0.4, -0.2) is 33.3 Å². The quantitative estimate of drug-likeness (QED) is 0.0608. The van der Waals surface area contributed by atoms with E-state index in [1.54, 1.807) is 31.4 Å². The lowest BCUT2D eigenvalue weighted by atomic mass is 9.98. The van der Waals surface area contributed by atoms with E-state index in [9.17, 15) is 35.9 Å². The fraction of sp³-hybridized carbons (Fsp3) is 0.158. The number of hydrogen-bond acceptors (Lipinski definition) is 6. The van der Waals surface area contributed by atoms with E-state index in [1.807, 2.05) is 12.1 Å². The van der Waals surface area contributed by atoms with E-state index in [4.69, 9.17) is 9.47 Å². The lowest BCUT2D eigenvalue weighted by molar-refractivity contribution is 0.0589. The number of carbonyl (C=O) groups excluding carboxylic acids is 2. The van der Waals surface area contributed by atoms with Crippen LogP contribution in [0, 0.1) is 34.9 Å². The van der Waals surface area contributed by atoms with Crippen molar-refractivity contribution in [1.82, 2.24) is 0 Å². The Hall–Kier alpha value is -4.75. The van der Waals surface area contributed by atoms with Gasteiger partial charge in [0, 0.05) is 34.6 Å². The molecular weight excluding hydrogens is 762 g/mol. The summed E-state index contributed by atoms with van der Waals surface area (Å²) in [6.07, 6.45) is -0.531. The zero-order chi connectivity index (χ0) is 37.2. The van der Waals surface area contributed by atoms with E-state index in [1.165, 1.54) is 42.5 Å². The van der Waals surface area contributed by atoms with E-state index in [-0.39, 0.29) is 55.6 Å². The van der Waals surface area contributed by atoms with Gasteiger partial charge in [-0.05, 0) is 69.0 Å². The number of benzene rings is 5. The first kappa shape index (κ1) is 39.0. The summed E-state index contributed by atoms with van der Waals surface area (Å²) in [5.74, 6) is -6.30. The van der Waals surface area contributed by atoms with Gasteiger partial charge in [0.05, 0.1) is 36.9 Å². The van der Waals surface area contributed by atoms with Gasteiger partial charge in [-0.1, -0.05) is 48.5 Å². The first-order chi connectivity index (χ1) is 24.4. The van der Waals surface area contributed by atoms with E-state index in [0.29, 0.717) is 11.5 Å². The summed E-state index contributed by atoms with van der Waals surface area (Å²) in [7, 11) is 3.84. The van der Waals surface area contributed by atoms with Crippen LogP contribution in [0.2, 0.25) is 0 Å². The molecule has 0 radical (unpaired) electrons. The maximum Gasteiger partial charge on any atom is 0.338 e. The fourth-order valence-corrected chi connectivity index (χ4v) is 6.19. The smallest absolute Gasteiger partial charge is 0.338 e. The average Bonchev–Trinajstić information content (AvgIpc) is 3.14. The van der Waals surface area contributed by atoms with Gasteiger partial charge in [0.25, 0.3) is 0 Å². The zero-order valence-electron chi connectivity index (χ0n) is 27.3. The van der Waals surface area contributed by atoms with E-state index < -0.39 is 46.8 Å². The molecule has 0 aliphatic rings. The first-order valence-electron chi connectivity index (χ1n) is 15.0. The number of thioether (sulfide) groups is 1. The molecule has 0 aliphatic carbocycles. The van der Waals surface area contributed by atoms with Gasteiger partial charge in [-0.3, -0.25) is 0 Å². The van der Waals surface area contributed by atoms with Crippen LogP contribution in [0.4, 0.5) is 26.3 Å². The minimum absolute atomic E-state index is 0.0269. The molecule has 0 unspecified atom stereocenters. The van der Waals surface area contributed by atoms with Crippen molar-refractivity contribution in [2.75, 3.05) is 21.3 Å². The summed E-state index contributed by atoms with van der Waals surface area (Å²) in [6, 6.07) is 21.0. The maximum absolute atomic E-state index is 14.9. The maximum atomic E-state index is 14.9. The largest absolute Gasteiger partial charge is 0.497 e. The molecular formula is C38H29BrF6O5S. The highest BCUT2D eigenvalue weighted by Crippen LogP contribution is 2.33. The second-order valence-electron chi connectivity index (χ2n) is 10.7. The number of esters is 2. The van der Waals surface area contributed by atoms with Crippen molar-refractivity contribution in [2.45, 2.75) is 23.5 Å². The third kappa shape index (κ3) is 9.53. The molecule has 0 fully saturated rings. The second kappa shape index (κ2) is 18.0. The molecule has 0 aliphatic heterocycles. The van der Waals surface area contributed by atoms with Crippen molar-refractivity contribution in [3.63, 3.8) is 0 Å². The average molecular weight is 792 g/mol. The van der Waals surface area contributed by atoms with Crippen LogP contribution in [0.1, 0.15) is 48.5 Å². The molecule has 0 saturated carbocycles. The number of ether oxygens (including phenoxy) is 3. The van der Waals surface area contributed by atoms with Gasteiger partial charge in [0.2, 0.25) is 0 Å². The van der Waals surface area contributed by atoms with Gasteiger partial charge >= 0.3 is 11.9 Å². The molecule has 51 heavy (non-hydrogen) atoms. The Morgan fingerprint density at radius 2 is 1.10 bits per heavy atom. The normalized spacial score (nSPS) is 10.6. The summed E-state index contributed by atoms with van der Waals surface area (Å²) in [5, 5.41) is 0. The Morgan fingerprint density at radius 3 is 1.57 bits per heavy atom. The predicted molar refractivity (Wildman–Crippen MR) is 184 cm³/mol. The standard InChI is InChI=1S/C23H19F3O3S.C15H10BrF3O2/c1-28-16-9-7-14(8-10-16)13-30-20-12-18(23(27)29-2)17(21(25)22(20)26)11-15-5-3-4-6-19(15)24;1-21-15(20)10-7-11(16)14(19)13(18)9(10)6-8-4-2-3-5-12(8)17/h3-10,12H,11,13H2,1-2H3;2-5,7H,6H2,1H3. The fourth-order valence-electron chi connectivity index (χ4n) is 4.86. The molecule has 5 rings (SSSR count). The number of methoxy groups -OCH3 is 3. The minimum atomic E-state index is -1.20. The molecule has 0 atom stereocenters. The van der Waals surface area contributed by atoms with E-state index >= 15 is 0 Å². The lowest BCUT2D eigenvalue weighted by Gasteiger charge is -2.14. The van der Waals surface area contributed by atoms with E-state index in [0.717, 1.165) is 37.6 Å². The summed E-state index contributed by atoms with van der Waals surface area (Å²) in [6.45, 7) is 0. The highest BCUT2D eigenvalue weighted by molar-refractivity contribution is 9.10. The number of carbonyl (C=O) groups is 2. The molecule has 13 heteroatoms. The number of rotatable bonds is 10. The third-order valence-corrected chi connectivity index (χ3v) is 9.21. The number of hydrogen-bond donors (Lipinski definition) is 0. The Bertz CT molecular complexity index is 2040. The molecule has 0 aromatic heterocycles. The van der Waals surface area contributed by atoms with Gasteiger partial charge in [-0.15, -0.1) is 11.8 Å². The molecule has 266 valence electrons. The van der Waals surface area contributed by atoms with Crippen LogP contribution >= 0.6 is 27.7 Å². The Morgan fingerprint density at radius 1 is 0.627 bits per heavy atom. The van der Waals surface area contributed by atoms with Gasteiger partial charge in [-0.25, -0.2) is 35.9 Å². The molecule has 0 spiro atoms. The van der Waals surface area contributed by atoms with Crippen molar-refractivity contribution >= 4 is 39.6 Å². The molecule has 0 amide bonds. The van der Waals surface area contributed by atoms with E-state index in [2.05, 4.69) is 20.7 Å². The van der Waals surface area contributed by atoms with Crippen LogP contribution in [0.5, 0.6) is 5.75 Å². The monoisotopic (exact) mass is 790 g/mol. The Kier molecular flexibility index (Phi) is 13.7. The second-order valence-corrected chi connectivity index (χ2v) is 12.6. The molecule has 0 N–H and O–H groups in total. The summed E-state index contributed by atoms with van der Waals surface area (Å²) < 4.78 is 99.3. The van der Waals surface area contributed by atoms with Crippen LogP contribution in [0.25, 0.3) is 0 Å². The summed E-state index contributed by atoms with van der Waals surface area (Å²) >= 11 is 3.88. The van der Waals surface area contributed by atoms with Gasteiger partial charge < -0.3 is 14.2 Å². The van der Waals surface area contributed by atoms with Crippen molar-refractivity contribution in [3.05, 3.63) is 163 Å². The Balaban J connectivity index is 0.000000244. The van der Waals surface area contributed by atoms with Crippen LogP contribution in [0.15, 0.2) is 94.3 Å². The molecule has 5 nitrogen and oxygen atoms in total. The SMILES string of the molecule is COC(=O)c1cc(Br)c(F)c(F)c1Cc1ccccc1F.COC(=O)c1cc(SCc2ccc(OC)cc2)c(F)c(F)c1Cc1ccccc1F. The van der Waals surface area contributed by atoms with Crippen LogP contribution in [-0.2, 0) is 28.1 Å². The molecule has 0 bridgehead atoms. The molecule has 0 heterocycles. The summed E-state index contributed by atoms with van der Waals surface area (Å²) in [4.78, 5) is 23.9. The minimum Gasteiger partial charge on any atom is -0.497 e. The molecule has 5 aromatic carbocycles. The number of halogens is 7. The van der Waals surface area contributed by atoms with Gasteiger partial charge in [-0.2, -0.15) is 0 Å². The highest BCUT2D eigenvalue weighted by Gasteiger charge is 2.25. The topological polar surface area (TPSA) is 61.8 Å². The highest BCUT2D eigenvalue weighted by atomic mass is 79.9. The Labute approximate surface area is 302 Å². The van der Waals surface area contributed by atoms with Gasteiger partial charge in [0.15, 0.2) is 23.3 Å². The van der Waals surface area contributed by atoms with Crippen molar-refractivity contribution in [2.24, 2.45) is 0 Å². The molecule has 5 aromatic rings. The zero-order valence-corrected chi connectivity index (χ0v) is 29.7. The van der Waals surface area contributed by atoms with Crippen LogP contribution < -0.4 is 4.74 Å². The predicted octanol–water partition coefficient (Wildman–Crippen LogP) is 10.0. The van der Waals surface area contributed by atoms with Crippen LogP contribution in [0.3, 0.4) is 0 Å². The van der Waals surface area contributed by atoms with Crippen molar-refractivity contribution < 1.29 is 50.1 Å². The first-order valence-corrected chi connectivity index (χ1v) is 16.7. The summed E-state index contributed by atoms with van der Waals surface area (Å²) in [5.41, 5.74) is 0.424. The third-order valence-electron chi connectivity index (χ3n) is 7.55. The van der Waals surface area contributed by atoms with Crippen molar-refractivity contribution in [3.8, 4) is 5.75 Å². The van der Waals surface area contributed by atoms with Crippen molar-refractivity contribution in [1.29, 1.82) is 0 Å². The lowest BCUT2D eigenvalue weighted by Crippen LogP contribution is -2.11. The molecule has 0 saturated heterocycles.